The highest BCUT2D eigenvalue weighted by molar-refractivity contribution is 6.30. The lowest BCUT2D eigenvalue weighted by atomic mass is 10.0. The fraction of sp³-hybridized carbons (Fsp3) is 0.600. The zero-order valence-corrected chi connectivity index (χ0v) is 13.4. The molecule has 2 aromatic rings. The van der Waals surface area contributed by atoms with Gasteiger partial charge in [-0.05, 0) is 32.4 Å². The van der Waals surface area contributed by atoms with E-state index >= 15 is 0 Å². The maximum absolute atomic E-state index is 6.38. The highest BCUT2D eigenvalue weighted by atomic mass is 35.5. The average Bonchev–Trinajstić information content (AvgIpc) is 3.05. The second kappa shape index (κ2) is 6.20. The molecule has 2 aromatic heterocycles. The molecule has 0 spiro atoms. The maximum Gasteiger partial charge on any atom is 0.131 e. The molecule has 0 N–H and O–H groups in total. The first-order chi connectivity index (χ1) is 10.1. The van der Waals surface area contributed by atoms with Crippen molar-refractivity contribution in [3.05, 3.63) is 34.9 Å². The van der Waals surface area contributed by atoms with Gasteiger partial charge in [0.1, 0.15) is 5.15 Å². The Balaban J connectivity index is 1.75. The lowest BCUT2D eigenvalue weighted by Crippen LogP contribution is -2.41. The molecule has 0 aliphatic carbocycles. The Labute approximate surface area is 130 Å². The minimum atomic E-state index is 0.523. The van der Waals surface area contributed by atoms with E-state index < -0.39 is 0 Å². The minimum absolute atomic E-state index is 0.523. The van der Waals surface area contributed by atoms with Gasteiger partial charge in [0, 0.05) is 37.6 Å². The largest absolute Gasteiger partial charge is 0.294 e. The molecule has 6 heteroatoms. The van der Waals surface area contributed by atoms with Gasteiger partial charge in [-0.3, -0.25) is 14.3 Å². The Kier molecular flexibility index (Phi) is 4.31. The number of piperidine rings is 1. The van der Waals surface area contributed by atoms with E-state index in [-0.39, 0.29) is 0 Å². The van der Waals surface area contributed by atoms with Gasteiger partial charge in [-0.15, -0.1) is 0 Å². The highest BCUT2D eigenvalue weighted by Gasteiger charge is 2.25. The lowest BCUT2D eigenvalue weighted by molar-refractivity contribution is 0.122. The molecular weight excluding hydrogens is 286 g/mol. The highest BCUT2D eigenvalue weighted by Crippen LogP contribution is 2.25. The first kappa shape index (κ1) is 14.6. The normalized spacial score (nSPS) is 20.0. The zero-order chi connectivity index (χ0) is 14.8. The Morgan fingerprint density at radius 1 is 1.38 bits per heavy atom. The van der Waals surface area contributed by atoms with Crippen LogP contribution in [-0.2, 0) is 20.1 Å². The summed E-state index contributed by atoms with van der Waals surface area (Å²) >= 11 is 6.38. The summed E-state index contributed by atoms with van der Waals surface area (Å²) in [6.07, 6.45) is 7.65. The molecule has 0 bridgehead atoms. The number of aryl methyl sites for hydroxylation is 2. The van der Waals surface area contributed by atoms with E-state index in [0.29, 0.717) is 6.04 Å². The minimum Gasteiger partial charge on any atom is -0.294 e. The fourth-order valence-corrected chi connectivity index (χ4v) is 3.39. The summed E-state index contributed by atoms with van der Waals surface area (Å²) in [5.41, 5.74) is 2.19. The Morgan fingerprint density at radius 2 is 2.24 bits per heavy atom. The molecule has 1 fully saturated rings. The predicted octanol–water partition coefficient (Wildman–Crippen LogP) is 2.63. The number of likely N-dealkylation sites (tertiary alicyclic amines) is 1. The van der Waals surface area contributed by atoms with Gasteiger partial charge in [-0.2, -0.15) is 10.2 Å². The first-order valence-corrected chi connectivity index (χ1v) is 7.92. The average molecular weight is 308 g/mol. The van der Waals surface area contributed by atoms with Crippen LogP contribution in [0.3, 0.4) is 0 Å². The summed E-state index contributed by atoms with van der Waals surface area (Å²) in [6, 6.07) is 2.50. The van der Waals surface area contributed by atoms with Crippen molar-refractivity contribution in [2.45, 2.75) is 45.3 Å². The monoisotopic (exact) mass is 307 g/mol. The van der Waals surface area contributed by atoms with Crippen molar-refractivity contribution in [2.75, 3.05) is 6.54 Å². The van der Waals surface area contributed by atoms with Crippen LogP contribution in [0.15, 0.2) is 18.5 Å². The molecule has 21 heavy (non-hydrogen) atoms. The maximum atomic E-state index is 6.38. The molecule has 0 unspecified atom stereocenters. The van der Waals surface area contributed by atoms with Crippen molar-refractivity contribution in [1.29, 1.82) is 0 Å². The van der Waals surface area contributed by atoms with Crippen molar-refractivity contribution in [3.8, 4) is 0 Å². The summed E-state index contributed by atoms with van der Waals surface area (Å²) in [4.78, 5) is 2.53. The SMILES string of the molecule is Cc1nn(C)c(Cl)c1CN1CCCC[C@@H]1Cn1cccn1. The van der Waals surface area contributed by atoms with Crippen LogP contribution >= 0.6 is 11.6 Å². The number of halogens is 1. The summed E-state index contributed by atoms with van der Waals surface area (Å²) in [5, 5.41) is 9.52. The van der Waals surface area contributed by atoms with E-state index in [4.69, 9.17) is 11.6 Å². The molecule has 0 amide bonds. The van der Waals surface area contributed by atoms with E-state index in [0.717, 1.165) is 36.0 Å². The van der Waals surface area contributed by atoms with Crippen LogP contribution in [-0.4, -0.2) is 37.0 Å². The quantitative estimate of drug-likeness (QED) is 0.871. The number of hydrogen-bond acceptors (Lipinski definition) is 3. The van der Waals surface area contributed by atoms with Gasteiger partial charge in [0.2, 0.25) is 0 Å². The van der Waals surface area contributed by atoms with Crippen molar-refractivity contribution in [1.82, 2.24) is 24.5 Å². The van der Waals surface area contributed by atoms with E-state index in [1.54, 1.807) is 4.68 Å². The van der Waals surface area contributed by atoms with Gasteiger partial charge in [-0.25, -0.2) is 0 Å². The Bertz CT molecular complexity index is 589. The molecule has 0 saturated carbocycles. The van der Waals surface area contributed by atoms with E-state index in [1.165, 1.54) is 19.3 Å². The van der Waals surface area contributed by atoms with Crippen LogP contribution in [0.4, 0.5) is 0 Å². The molecule has 1 saturated heterocycles. The van der Waals surface area contributed by atoms with Gasteiger partial charge in [0.05, 0.1) is 12.2 Å². The molecule has 1 aliphatic heterocycles. The van der Waals surface area contributed by atoms with Gasteiger partial charge >= 0.3 is 0 Å². The molecule has 0 aromatic carbocycles. The van der Waals surface area contributed by atoms with Gasteiger partial charge in [0.15, 0.2) is 0 Å². The second-order valence-electron chi connectivity index (χ2n) is 5.83. The summed E-state index contributed by atoms with van der Waals surface area (Å²) in [6.45, 7) is 4.98. The fourth-order valence-electron chi connectivity index (χ4n) is 3.16. The Morgan fingerprint density at radius 3 is 2.90 bits per heavy atom. The number of nitrogens with zero attached hydrogens (tertiary/aromatic N) is 5. The van der Waals surface area contributed by atoms with E-state index in [1.807, 2.05) is 37.1 Å². The molecule has 1 aliphatic rings. The van der Waals surface area contributed by atoms with Gasteiger partial charge in [-0.1, -0.05) is 18.0 Å². The first-order valence-electron chi connectivity index (χ1n) is 7.54. The topological polar surface area (TPSA) is 38.9 Å². The van der Waals surface area contributed by atoms with Gasteiger partial charge < -0.3 is 0 Å². The number of aromatic nitrogens is 4. The smallest absolute Gasteiger partial charge is 0.131 e. The molecule has 3 rings (SSSR count). The van der Waals surface area contributed by atoms with Crippen LogP contribution < -0.4 is 0 Å². The third-order valence-electron chi connectivity index (χ3n) is 4.34. The van der Waals surface area contributed by atoms with Crippen molar-refractivity contribution < 1.29 is 0 Å². The number of hydrogen-bond donors (Lipinski definition) is 0. The van der Waals surface area contributed by atoms with Crippen LogP contribution in [0.25, 0.3) is 0 Å². The van der Waals surface area contributed by atoms with Crippen molar-refractivity contribution in [3.63, 3.8) is 0 Å². The molecule has 1 atom stereocenters. The lowest BCUT2D eigenvalue weighted by Gasteiger charge is -2.35. The molecule has 114 valence electrons. The number of rotatable bonds is 4. The van der Waals surface area contributed by atoms with Crippen LogP contribution in [0.1, 0.15) is 30.5 Å². The van der Waals surface area contributed by atoms with Gasteiger partial charge in [0.25, 0.3) is 0 Å². The second-order valence-corrected chi connectivity index (χ2v) is 6.18. The molecule has 3 heterocycles. The third-order valence-corrected chi connectivity index (χ3v) is 4.81. The van der Waals surface area contributed by atoms with Crippen LogP contribution in [0, 0.1) is 6.92 Å². The van der Waals surface area contributed by atoms with Crippen molar-refractivity contribution >= 4 is 11.6 Å². The van der Waals surface area contributed by atoms with E-state index in [9.17, 15) is 0 Å². The molecule has 0 radical (unpaired) electrons. The predicted molar refractivity (Wildman–Crippen MR) is 83.2 cm³/mol. The van der Waals surface area contributed by atoms with Crippen molar-refractivity contribution in [2.24, 2.45) is 7.05 Å². The molecular formula is C15H22ClN5. The molecule has 5 nitrogen and oxygen atoms in total. The summed E-state index contributed by atoms with van der Waals surface area (Å²) in [7, 11) is 1.90. The van der Waals surface area contributed by atoms with E-state index in [2.05, 4.69) is 15.1 Å². The Hall–Kier alpha value is -1.33. The zero-order valence-electron chi connectivity index (χ0n) is 12.7. The van der Waals surface area contributed by atoms with Crippen LogP contribution in [0.2, 0.25) is 5.15 Å². The standard InChI is InChI=1S/C15H22ClN5/c1-12-14(15(16)19(2)18-12)11-20-8-4-3-6-13(20)10-21-9-5-7-17-21/h5,7,9,13H,3-4,6,8,10-11H2,1-2H3/t13-/m1/s1. The van der Waals surface area contributed by atoms with Crippen LogP contribution in [0.5, 0.6) is 0 Å². The summed E-state index contributed by atoms with van der Waals surface area (Å²) < 4.78 is 3.79. The summed E-state index contributed by atoms with van der Waals surface area (Å²) in [5.74, 6) is 0. The third kappa shape index (κ3) is 3.14.